The zero-order valence-corrected chi connectivity index (χ0v) is 6.20. The van der Waals surface area contributed by atoms with Crippen molar-refractivity contribution in [2.75, 3.05) is 0 Å². The molecule has 12 heavy (non-hydrogen) atoms. The molecule has 1 aliphatic heterocycles. The van der Waals surface area contributed by atoms with E-state index in [9.17, 15) is 9.59 Å². The van der Waals surface area contributed by atoms with E-state index in [2.05, 4.69) is 9.98 Å². The number of rotatable bonds is 0. The number of hydrogen-bond acceptors (Lipinski definition) is 3. The van der Waals surface area contributed by atoms with Crippen LogP contribution in [0.2, 0.25) is 0 Å². The molecule has 0 unspecified atom stereocenters. The molecule has 1 aliphatic rings. The molecule has 0 spiro atoms. The maximum atomic E-state index is 11.2. The molecular formula is C8H6N2O2. The molecule has 0 aliphatic carbocycles. The third kappa shape index (κ3) is 0.972. The third-order valence-electron chi connectivity index (χ3n) is 1.70. The van der Waals surface area contributed by atoms with Crippen molar-refractivity contribution < 1.29 is 4.79 Å². The molecule has 0 saturated heterocycles. The maximum absolute atomic E-state index is 11.2. The van der Waals surface area contributed by atoms with Gasteiger partial charge in [0.2, 0.25) is 5.56 Å². The molecule has 1 N–H and O–H groups in total. The predicted molar refractivity (Wildman–Crippen MR) is 44.2 cm³/mol. The number of carbonyl (C=O) groups is 1. The van der Waals surface area contributed by atoms with Crippen LogP contribution in [0.15, 0.2) is 21.9 Å². The molecule has 2 rings (SSSR count). The lowest BCUT2D eigenvalue weighted by atomic mass is 10.1. The second-order valence-corrected chi connectivity index (χ2v) is 2.52. The second-order valence-electron chi connectivity index (χ2n) is 2.52. The van der Waals surface area contributed by atoms with Crippen LogP contribution >= 0.6 is 0 Å². The molecule has 0 aromatic carbocycles. The van der Waals surface area contributed by atoms with Crippen molar-refractivity contribution in [3.63, 3.8) is 0 Å². The van der Waals surface area contributed by atoms with Gasteiger partial charge < -0.3 is 4.98 Å². The van der Waals surface area contributed by atoms with Gasteiger partial charge in [-0.15, -0.1) is 0 Å². The third-order valence-corrected chi connectivity index (χ3v) is 1.70. The van der Waals surface area contributed by atoms with Crippen molar-refractivity contribution in [1.29, 1.82) is 0 Å². The lowest BCUT2D eigenvalue weighted by Gasteiger charge is -2.05. The van der Waals surface area contributed by atoms with Gasteiger partial charge in [-0.25, -0.2) is 4.99 Å². The van der Waals surface area contributed by atoms with Gasteiger partial charge in [0.15, 0.2) is 5.78 Å². The minimum absolute atomic E-state index is 0.00347. The SMILES string of the molecule is O=C1CC=Nc2[nH]c(=O)ccc21. The van der Waals surface area contributed by atoms with Crippen molar-refractivity contribution in [2.24, 2.45) is 4.99 Å². The summed E-state index contributed by atoms with van der Waals surface area (Å²) in [5.41, 5.74) is 0.262. The number of ketones is 1. The molecule has 0 radical (unpaired) electrons. The summed E-state index contributed by atoms with van der Waals surface area (Å²) in [5, 5.41) is 0. The van der Waals surface area contributed by atoms with Crippen LogP contribution in [0.1, 0.15) is 16.8 Å². The first-order valence-electron chi connectivity index (χ1n) is 3.56. The van der Waals surface area contributed by atoms with E-state index in [1.807, 2.05) is 0 Å². The van der Waals surface area contributed by atoms with E-state index >= 15 is 0 Å². The summed E-state index contributed by atoms with van der Waals surface area (Å²) in [7, 11) is 0. The predicted octanol–water partition coefficient (Wildman–Crippen LogP) is 0.664. The fraction of sp³-hybridized carbons (Fsp3) is 0.125. The Morgan fingerprint density at radius 3 is 3.00 bits per heavy atom. The molecule has 1 aromatic heterocycles. The molecule has 0 atom stereocenters. The molecular weight excluding hydrogens is 156 g/mol. The highest BCUT2D eigenvalue weighted by molar-refractivity contribution is 6.09. The number of pyridine rings is 1. The van der Waals surface area contributed by atoms with Gasteiger partial charge >= 0.3 is 0 Å². The Labute approximate surface area is 68.0 Å². The monoisotopic (exact) mass is 162 g/mol. The first-order chi connectivity index (χ1) is 5.77. The topological polar surface area (TPSA) is 62.3 Å². The Hall–Kier alpha value is -1.71. The largest absolute Gasteiger partial charge is 0.306 e. The smallest absolute Gasteiger partial charge is 0.249 e. The van der Waals surface area contributed by atoms with E-state index < -0.39 is 0 Å². The van der Waals surface area contributed by atoms with Crippen LogP contribution in [-0.4, -0.2) is 17.0 Å². The van der Waals surface area contributed by atoms with Crippen molar-refractivity contribution in [3.05, 3.63) is 28.0 Å². The molecule has 4 heteroatoms. The number of aromatic amines is 1. The van der Waals surface area contributed by atoms with Crippen molar-refractivity contribution in [3.8, 4) is 0 Å². The van der Waals surface area contributed by atoms with E-state index in [-0.39, 0.29) is 11.3 Å². The van der Waals surface area contributed by atoms with Gasteiger partial charge in [0.05, 0.1) is 5.56 Å². The van der Waals surface area contributed by atoms with Gasteiger partial charge in [0, 0.05) is 18.7 Å². The molecule has 0 bridgehead atoms. The number of H-pyrrole nitrogens is 1. The summed E-state index contributed by atoms with van der Waals surface area (Å²) >= 11 is 0. The summed E-state index contributed by atoms with van der Waals surface area (Å²) in [6, 6.07) is 2.84. The Morgan fingerprint density at radius 1 is 1.33 bits per heavy atom. The molecule has 0 amide bonds. The number of nitrogens with zero attached hydrogens (tertiary/aromatic N) is 1. The van der Waals surface area contributed by atoms with Crippen molar-refractivity contribution >= 4 is 17.8 Å². The van der Waals surface area contributed by atoms with Crippen LogP contribution in [0.25, 0.3) is 0 Å². The number of nitrogens with one attached hydrogen (secondary N) is 1. The molecule has 1 aromatic rings. The minimum Gasteiger partial charge on any atom is -0.306 e. The summed E-state index contributed by atoms with van der Waals surface area (Å²) < 4.78 is 0. The summed E-state index contributed by atoms with van der Waals surface area (Å²) in [6.45, 7) is 0. The average Bonchev–Trinajstić information content (AvgIpc) is 2.04. The van der Waals surface area contributed by atoms with E-state index in [4.69, 9.17) is 0 Å². The van der Waals surface area contributed by atoms with Crippen molar-refractivity contribution in [2.45, 2.75) is 6.42 Å². The summed E-state index contributed by atoms with van der Waals surface area (Å²) in [5.74, 6) is 0.370. The number of Topliss-reactive ketones (excluding diaryl/α,β-unsaturated/α-hetero) is 1. The highest BCUT2D eigenvalue weighted by atomic mass is 16.1. The summed E-state index contributed by atoms with van der Waals surface area (Å²) in [4.78, 5) is 28.4. The first kappa shape index (κ1) is 6.97. The standard InChI is InChI=1S/C8H6N2O2/c11-6-3-4-9-8-5(6)1-2-7(12)10-8/h1-2,4H,3H2,(H,10,12). The Morgan fingerprint density at radius 2 is 2.17 bits per heavy atom. The van der Waals surface area contributed by atoms with E-state index in [1.165, 1.54) is 18.3 Å². The molecule has 4 nitrogen and oxygen atoms in total. The van der Waals surface area contributed by atoms with Crippen molar-refractivity contribution in [1.82, 2.24) is 4.98 Å². The van der Waals surface area contributed by atoms with Crippen LogP contribution in [0.3, 0.4) is 0 Å². The van der Waals surface area contributed by atoms with Gasteiger partial charge in [-0.05, 0) is 6.07 Å². The van der Waals surface area contributed by atoms with Crippen LogP contribution in [0.4, 0.5) is 5.82 Å². The highest BCUT2D eigenvalue weighted by Crippen LogP contribution is 2.18. The molecule has 0 saturated carbocycles. The van der Waals surface area contributed by atoms with Gasteiger partial charge in [-0.3, -0.25) is 9.59 Å². The van der Waals surface area contributed by atoms with Gasteiger partial charge in [-0.1, -0.05) is 0 Å². The normalized spacial score (nSPS) is 14.5. The Bertz CT molecular complexity index is 417. The molecule has 0 fully saturated rings. The Balaban J connectivity index is 2.70. The van der Waals surface area contributed by atoms with Crippen LogP contribution < -0.4 is 5.56 Å². The highest BCUT2D eigenvalue weighted by Gasteiger charge is 2.13. The summed E-state index contributed by atoms with van der Waals surface area (Å²) in [6.07, 6.45) is 1.82. The zero-order chi connectivity index (χ0) is 8.55. The van der Waals surface area contributed by atoms with E-state index in [0.29, 0.717) is 17.8 Å². The maximum Gasteiger partial charge on any atom is 0.249 e. The number of carbonyl (C=O) groups excluding carboxylic acids is 1. The van der Waals surface area contributed by atoms with Gasteiger partial charge in [0.25, 0.3) is 0 Å². The van der Waals surface area contributed by atoms with Crippen LogP contribution in [0.5, 0.6) is 0 Å². The second kappa shape index (κ2) is 2.41. The number of fused-ring (bicyclic) bond motifs is 1. The van der Waals surface area contributed by atoms with E-state index in [1.54, 1.807) is 0 Å². The number of aromatic nitrogens is 1. The first-order valence-corrected chi connectivity index (χ1v) is 3.56. The minimum atomic E-state index is -0.236. The quantitative estimate of drug-likeness (QED) is 0.609. The lowest BCUT2D eigenvalue weighted by molar-refractivity contribution is 0.100. The Kier molecular flexibility index (Phi) is 1.40. The fourth-order valence-corrected chi connectivity index (χ4v) is 1.12. The molecule has 2 heterocycles. The van der Waals surface area contributed by atoms with Crippen LogP contribution in [-0.2, 0) is 0 Å². The van der Waals surface area contributed by atoms with Gasteiger partial charge in [0.1, 0.15) is 5.82 Å². The fourth-order valence-electron chi connectivity index (χ4n) is 1.12. The van der Waals surface area contributed by atoms with Gasteiger partial charge in [-0.2, -0.15) is 0 Å². The average molecular weight is 162 g/mol. The van der Waals surface area contributed by atoms with Crippen LogP contribution in [0, 0.1) is 0 Å². The lowest BCUT2D eigenvalue weighted by Crippen LogP contribution is -2.11. The van der Waals surface area contributed by atoms with E-state index in [0.717, 1.165) is 0 Å². The zero-order valence-electron chi connectivity index (χ0n) is 6.20. The number of aliphatic imine (C=N–C) groups is 1. The number of hydrogen-bond donors (Lipinski definition) is 1. The molecule has 60 valence electrons.